The summed E-state index contributed by atoms with van der Waals surface area (Å²) in [6.07, 6.45) is 1.33. The molecule has 0 radical (unpaired) electrons. The van der Waals surface area contributed by atoms with Crippen LogP contribution in [0.5, 0.6) is 0 Å². The normalized spacial score (nSPS) is 30.0. The van der Waals surface area contributed by atoms with E-state index in [1.165, 1.54) is 19.5 Å². The molecule has 0 saturated carbocycles. The molecular formula is C11H24N2. The molecule has 0 aliphatic carbocycles. The lowest BCUT2D eigenvalue weighted by molar-refractivity contribution is 0.161. The second-order valence-corrected chi connectivity index (χ2v) is 5.50. The first-order valence-electron chi connectivity index (χ1n) is 5.34. The van der Waals surface area contributed by atoms with Gasteiger partial charge in [-0.2, -0.15) is 0 Å². The monoisotopic (exact) mass is 184 g/mol. The van der Waals surface area contributed by atoms with E-state index in [2.05, 4.69) is 45.0 Å². The van der Waals surface area contributed by atoms with Gasteiger partial charge in [0.15, 0.2) is 0 Å². The Morgan fingerprint density at radius 2 is 2.00 bits per heavy atom. The van der Waals surface area contributed by atoms with Gasteiger partial charge in [-0.1, -0.05) is 6.92 Å². The van der Waals surface area contributed by atoms with Gasteiger partial charge in [-0.05, 0) is 46.7 Å². The van der Waals surface area contributed by atoms with Gasteiger partial charge < -0.3 is 5.32 Å². The summed E-state index contributed by atoms with van der Waals surface area (Å²) in [5, 5.41) is 3.57. The third kappa shape index (κ3) is 3.28. The summed E-state index contributed by atoms with van der Waals surface area (Å²) < 4.78 is 0. The maximum Gasteiger partial charge on any atom is 0.0198 e. The SMILES string of the molecule is CC1CNC(CN(C)C(C)(C)C)C1. The average molecular weight is 184 g/mol. The minimum absolute atomic E-state index is 0.299. The fraction of sp³-hybridized carbons (Fsp3) is 1.00. The van der Waals surface area contributed by atoms with Crippen molar-refractivity contribution >= 4 is 0 Å². The highest BCUT2D eigenvalue weighted by atomic mass is 15.2. The van der Waals surface area contributed by atoms with Gasteiger partial charge in [0.05, 0.1) is 0 Å². The minimum atomic E-state index is 0.299. The summed E-state index contributed by atoms with van der Waals surface area (Å²) >= 11 is 0. The third-order valence-electron chi connectivity index (χ3n) is 3.08. The number of nitrogens with one attached hydrogen (secondary N) is 1. The summed E-state index contributed by atoms with van der Waals surface area (Å²) in [6.45, 7) is 11.5. The Hall–Kier alpha value is -0.0800. The molecule has 1 heterocycles. The number of nitrogens with zero attached hydrogens (tertiary/aromatic N) is 1. The Bertz CT molecular complexity index is 160. The molecule has 0 bridgehead atoms. The van der Waals surface area contributed by atoms with E-state index in [1.54, 1.807) is 0 Å². The highest BCUT2D eigenvalue weighted by Gasteiger charge is 2.25. The molecule has 2 unspecified atom stereocenters. The molecule has 0 aromatic rings. The molecule has 1 aliphatic heterocycles. The molecule has 2 atom stereocenters. The van der Waals surface area contributed by atoms with Crippen molar-refractivity contribution in [2.75, 3.05) is 20.1 Å². The molecular weight excluding hydrogens is 160 g/mol. The Labute approximate surface area is 82.7 Å². The van der Waals surface area contributed by atoms with Gasteiger partial charge >= 0.3 is 0 Å². The lowest BCUT2D eigenvalue weighted by Crippen LogP contribution is -2.45. The summed E-state index contributed by atoms with van der Waals surface area (Å²) in [7, 11) is 2.21. The van der Waals surface area contributed by atoms with Gasteiger partial charge in [0.2, 0.25) is 0 Å². The Balaban J connectivity index is 2.33. The van der Waals surface area contributed by atoms with Gasteiger partial charge in [0, 0.05) is 18.1 Å². The zero-order valence-electron chi connectivity index (χ0n) is 9.72. The van der Waals surface area contributed by atoms with Crippen molar-refractivity contribution < 1.29 is 0 Å². The van der Waals surface area contributed by atoms with Crippen molar-refractivity contribution in [3.05, 3.63) is 0 Å². The molecule has 0 amide bonds. The average Bonchev–Trinajstić information content (AvgIpc) is 2.33. The zero-order chi connectivity index (χ0) is 10.1. The van der Waals surface area contributed by atoms with Crippen LogP contribution in [0, 0.1) is 5.92 Å². The molecule has 1 fully saturated rings. The molecule has 0 aromatic carbocycles. The Morgan fingerprint density at radius 3 is 2.38 bits per heavy atom. The largest absolute Gasteiger partial charge is 0.312 e. The van der Waals surface area contributed by atoms with E-state index in [0.29, 0.717) is 11.6 Å². The van der Waals surface area contributed by atoms with Gasteiger partial charge in [0.1, 0.15) is 0 Å². The van der Waals surface area contributed by atoms with Gasteiger partial charge in [-0.3, -0.25) is 4.90 Å². The van der Waals surface area contributed by atoms with Crippen molar-refractivity contribution in [3.63, 3.8) is 0 Å². The molecule has 0 spiro atoms. The van der Waals surface area contributed by atoms with E-state index in [0.717, 1.165) is 5.92 Å². The van der Waals surface area contributed by atoms with E-state index in [1.807, 2.05) is 0 Å². The van der Waals surface area contributed by atoms with Crippen molar-refractivity contribution in [2.45, 2.75) is 45.7 Å². The molecule has 1 saturated heterocycles. The molecule has 0 aromatic heterocycles. The molecule has 13 heavy (non-hydrogen) atoms. The van der Waals surface area contributed by atoms with Gasteiger partial charge in [-0.25, -0.2) is 0 Å². The second-order valence-electron chi connectivity index (χ2n) is 5.50. The van der Waals surface area contributed by atoms with Crippen LogP contribution in [-0.4, -0.2) is 36.6 Å². The topological polar surface area (TPSA) is 15.3 Å². The molecule has 1 rings (SSSR count). The number of rotatable bonds is 2. The maximum atomic E-state index is 3.57. The highest BCUT2D eigenvalue weighted by molar-refractivity contribution is 4.84. The standard InChI is InChI=1S/C11H24N2/c1-9-6-10(12-7-9)8-13(5)11(2,3)4/h9-10,12H,6-8H2,1-5H3. The number of hydrogen-bond donors (Lipinski definition) is 1. The second kappa shape index (κ2) is 3.97. The molecule has 78 valence electrons. The van der Waals surface area contributed by atoms with Crippen LogP contribution in [0.15, 0.2) is 0 Å². The summed E-state index contributed by atoms with van der Waals surface area (Å²) in [6, 6.07) is 0.708. The summed E-state index contributed by atoms with van der Waals surface area (Å²) in [5.74, 6) is 0.860. The number of likely N-dealkylation sites (N-methyl/N-ethyl adjacent to an activating group) is 1. The van der Waals surface area contributed by atoms with Gasteiger partial charge in [-0.15, -0.1) is 0 Å². The van der Waals surface area contributed by atoms with E-state index in [4.69, 9.17) is 0 Å². The summed E-state index contributed by atoms with van der Waals surface area (Å²) in [4.78, 5) is 2.43. The quantitative estimate of drug-likeness (QED) is 0.703. The first kappa shape index (κ1) is 11.0. The van der Waals surface area contributed by atoms with Crippen LogP contribution in [0.1, 0.15) is 34.1 Å². The van der Waals surface area contributed by atoms with Crippen LogP contribution in [0.25, 0.3) is 0 Å². The molecule has 1 aliphatic rings. The van der Waals surface area contributed by atoms with E-state index >= 15 is 0 Å². The van der Waals surface area contributed by atoms with E-state index < -0.39 is 0 Å². The minimum Gasteiger partial charge on any atom is -0.312 e. The van der Waals surface area contributed by atoms with Crippen molar-refractivity contribution in [1.82, 2.24) is 10.2 Å². The fourth-order valence-corrected chi connectivity index (χ4v) is 1.76. The van der Waals surface area contributed by atoms with Crippen molar-refractivity contribution in [2.24, 2.45) is 5.92 Å². The lowest BCUT2D eigenvalue weighted by atomic mass is 10.0. The smallest absolute Gasteiger partial charge is 0.0198 e. The van der Waals surface area contributed by atoms with Gasteiger partial charge in [0.25, 0.3) is 0 Å². The predicted molar refractivity (Wildman–Crippen MR) is 58.0 cm³/mol. The predicted octanol–water partition coefficient (Wildman–Crippen LogP) is 1.71. The van der Waals surface area contributed by atoms with E-state index in [9.17, 15) is 0 Å². The fourth-order valence-electron chi connectivity index (χ4n) is 1.76. The highest BCUT2D eigenvalue weighted by Crippen LogP contribution is 2.17. The van der Waals surface area contributed by atoms with E-state index in [-0.39, 0.29) is 0 Å². The third-order valence-corrected chi connectivity index (χ3v) is 3.08. The molecule has 2 heteroatoms. The first-order chi connectivity index (χ1) is 5.89. The Kier molecular flexibility index (Phi) is 3.36. The van der Waals surface area contributed by atoms with Crippen LogP contribution in [0.2, 0.25) is 0 Å². The van der Waals surface area contributed by atoms with Crippen LogP contribution >= 0.6 is 0 Å². The number of hydrogen-bond acceptors (Lipinski definition) is 2. The molecule has 1 N–H and O–H groups in total. The van der Waals surface area contributed by atoms with Crippen LogP contribution in [0.3, 0.4) is 0 Å². The maximum absolute atomic E-state index is 3.57. The summed E-state index contributed by atoms with van der Waals surface area (Å²) in [5.41, 5.74) is 0.299. The van der Waals surface area contributed by atoms with Crippen LogP contribution in [0.4, 0.5) is 0 Å². The Morgan fingerprint density at radius 1 is 1.38 bits per heavy atom. The zero-order valence-corrected chi connectivity index (χ0v) is 9.72. The van der Waals surface area contributed by atoms with Crippen molar-refractivity contribution in [3.8, 4) is 0 Å². The lowest BCUT2D eigenvalue weighted by Gasteiger charge is -2.33. The van der Waals surface area contributed by atoms with Crippen LogP contribution in [-0.2, 0) is 0 Å². The van der Waals surface area contributed by atoms with Crippen LogP contribution < -0.4 is 5.32 Å². The first-order valence-corrected chi connectivity index (χ1v) is 5.34. The van der Waals surface area contributed by atoms with Crippen molar-refractivity contribution in [1.29, 1.82) is 0 Å². The molecule has 2 nitrogen and oxygen atoms in total.